The Morgan fingerprint density at radius 1 is 1.03 bits per heavy atom. The van der Waals surface area contributed by atoms with Crippen molar-refractivity contribution in [2.75, 3.05) is 37.8 Å². The van der Waals surface area contributed by atoms with Crippen LogP contribution in [0.25, 0.3) is 0 Å². The number of nitrogens with zero attached hydrogens (tertiary/aromatic N) is 1. The van der Waals surface area contributed by atoms with Crippen LogP contribution in [0, 0.1) is 0 Å². The number of hydrogen-bond acceptors (Lipinski definition) is 8. The van der Waals surface area contributed by atoms with Gasteiger partial charge >= 0.3 is 11.9 Å². The van der Waals surface area contributed by atoms with Gasteiger partial charge in [-0.3, -0.25) is 9.10 Å². The molecule has 0 radical (unpaired) electrons. The number of ether oxygens (including phenoxy) is 4. The van der Waals surface area contributed by atoms with Crippen LogP contribution in [0.4, 0.5) is 5.69 Å². The average Bonchev–Trinajstić information content (AvgIpc) is 2.76. The van der Waals surface area contributed by atoms with E-state index in [1.165, 1.54) is 49.6 Å². The van der Waals surface area contributed by atoms with Gasteiger partial charge in [-0.25, -0.2) is 13.2 Å². The molecule has 1 aliphatic rings. The fraction of sp³-hybridized carbons (Fsp3) is 0.300. The van der Waals surface area contributed by atoms with Gasteiger partial charge in [0.05, 0.1) is 29.9 Å². The molecule has 0 aliphatic carbocycles. The predicted molar refractivity (Wildman–Crippen MR) is 106 cm³/mol. The molecular formula is C20H21NO8S. The topological polar surface area (TPSA) is 108 Å². The van der Waals surface area contributed by atoms with E-state index in [1.807, 2.05) is 0 Å². The van der Waals surface area contributed by atoms with Crippen LogP contribution in [0.1, 0.15) is 17.3 Å². The molecule has 0 unspecified atom stereocenters. The minimum Gasteiger partial charge on any atom is -0.486 e. The van der Waals surface area contributed by atoms with E-state index >= 15 is 0 Å². The average molecular weight is 435 g/mol. The summed E-state index contributed by atoms with van der Waals surface area (Å²) < 4.78 is 48.1. The molecule has 0 amide bonds. The Labute approximate surface area is 174 Å². The van der Waals surface area contributed by atoms with Crippen LogP contribution >= 0.6 is 0 Å². The Morgan fingerprint density at radius 2 is 1.70 bits per heavy atom. The molecule has 160 valence electrons. The van der Waals surface area contributed by atoms with Crippen molar-refractivity contribution in [1.29, 1.82) is 0 Å². The Kier molecular flexibility index (Phi) is 6.46. The lowest BCUT2D eigenvalue weighted by Crippen LogP contribution is -2.36. The van der Waals surface area contributed by atoms with Crippen LogP contribution in [-0.2, 0) is 24.3 Å². The molecule has 3 rings (SSSR count). The van der Waals surface area contributed by atoms with Gasteiger partial charge in [0.25, 0.3) is 10.0 Å². The maximum Gasteiger partial charge on any atom is 0.337 e. The van der Waals surface area contributed by atoms with E-state index in [9.17, 15) is 18.0 Å². The fourth-order valence-electron chi connectivity index (χ4n) is 2.83. The summed E-state index contributed by atoms with van der Waals surface area (Å²) in [5.74, 6) is -0.525. The van der Waals surface area contributed by atoms with Crippen molar-refractivity contribution in [3.63, 3.8) is 0 Å². The number of hydrogen-bond donors (Lipinski definition) is 0. The molecule has 9 nitrogen and oxygen atoms in total. The number of benzene rings is 2. The molecule has 0 spiro atoms. The van der Waals surface area contributed by atoms with E-state index in [4.69, 9.17) is 14.2 Å². The number of methoxy groups -OCH3 is 1. The highest BCUT2D eigenvalue weighted by molar-refractivity contribution is 7.92. The van der Waals surface area contributed by atoms with Crippen molar-refractivity contribution in [3.05, 3.63) is 48.0 Å². The first-order chi connectivity index (χ1) is 14.4. The standard InChI is InChI=1S/C20H21NO8S/c1-3-27-19(22)13-21(15-6-4-14(5-7-15)20(23)26-2)30(24,25)16-8-9-17-18(12-16)29-11-10-28-17/h4-9,12H,3,10-11,13H2,1-2H3. The Morgan fingerprint density at radius 3 is 2.33 bits per heavy atom. The van der Waals surface area contributed by atoms with E-state index in [-0.39, 0.29) is 22.8 Å². The molecule has 0 saturated carbocycles. The number of anilines is 1. The van der Waals surface area contributed by atoms with E-state index in [2.05, 4.69) is 4.74 Å². The van der Waals surface area contributed by atoms with Crippen LogP contribution in [-0.4, -0.2) is 53.8 Å². The van der Waals surface area contributed by atoms with Crippen LogP contribution < -0.4 is 13.8 Å². The zero-order chi connectivity index (χ0) is 21.7. The maximum atomic E-state index is 13.4. The first-order valence-electron chi connectivity index (χ1n) is 9.13. The number of sulfonamides is 1. The van der Waals surface area contributed by atoms with Crippen molar-refractivity contribution in [3.8, 4) is 11.5 Å². The highest BCUT2D eigenvalue weighted by Crippen LogP contribution is 2.34. The van der Waals surface area contributed by atoms with Gasteiger partial charge in [0.1, 0.15) is 19.8 Å². The van der Waals surface area contributed by atoms with Crippen molar-refractivity contribution < 1.29 is 37.0 Å². The first kappa shape index (κ1) is 21.4. The smallest absolute Gasteiger partial charge is 0.337 e. The van der Waals surface area contributed by atoms with Gasteiger partial charge < -0.3 is 18.9 Å². The first-order valence-corrected chi connectivity index (χ1v) is 10.6. The number of carbonyl (C=O) groups is 2. The molecule has 2 aromatic carbocycles. The molecule has 0 atom stereocenters. The SMILES string of the molecule is CCOC(=O)CN(c1ccc(C(=O)OC)cc1)S(=O)(=O)c1ccc2c(c1)OCCO2. The number of carbonyl (C=O) groups excluding carboxylic acids is 2. The molecule has 1 heterocycles. The number of esters is 2. The second-order valence-electron chi connectivity index (χ2n) is 6.16. The normalized spacial score (nSPS) is 12.7. The Hall–Kier alpha value is -3.27. The summed E-state index contributed by atoms with van der Waals surface area (Å²) in [5, 5.41) is 0. The molecule has 2 aromatic rings. The summed E-state index contributed by atoms with van der Waals surface area (Å²) in [6, 6.07) is 9.90. The third-order valence-electron chi connectivity index (χ3n) is 4.26. The van der Waals surface area contributed by atoms with Crippen molar-refractivity contribution in [1.82, 2.24) is 0 Å². The molecule has 0 saturated heterocycles. The van der Waals surface area contributed by atoms with Gasteiger partial charge in [0.2, 0.25) is 0 Å². The summed E-state index contributed by atoms with van der Waals surface area (Å²) in [5.41, 5.74) is 0.430. The van der Waals surface area contributed by atoms with Crippen molar-refractivity contribution >= 4 is 27.6 Å². The third-order valence-corrected chi connectivity index (χ3v) is 6.03. The zero-order valence-electron chi connectivity index (χ0n) is 16.5. The summed E-state index contributed by atoms with van der Waals surface area (Å²) in [6.07, 6.45) is 0. The second-order valence-corrected chi connectivity index (χ2v) is 8.02. The lowest BCUT2D eigenvalue weighted by Gasteiger charge is -2.25. The number of fused-ring (bicyclic) bond motifs is 1. The molecular weight excluding hydrogens is 414 g/mol. The van der Waals surface area contributed by atoms with Crippen molar-refractivity contribution in [2.45, 2.75) is 11.8 Å². The minimum absolute atomic E-state index is 0.0758. The van der Waals surface area contributed by atoms with Crippen LogP contribution in [0.2, 0.25) is 0 Å². The van der Waals surface area contributed by atoms with Gasteiger partial charge in [-0.15, -0.1) is 0 Å². The molecule has 0 fully saturated rings. The number of rotatable bonds is 7. The van der Waals surface area contributed by atoms with Gasteiger partial charge in [-0.1, -0.05) is 0 Å². The van der Waals surface area contributed by atoms with Gasteiger partial charge in [0, 0.05) is 6.07 Å². The third kappa shape index (κ3) is 4.48. The predicted octanol–water partition coefficient (Wildman–Crippen LogP) is 2.00. The summed E-state index contributed by atoms with van der Waals surface area (Å²) in [4.78, 5) is 23.7. The molecule has 1 aliphatic heterocycles. The minimum atomic E-state index is -4.16. The molecule has 0 aromatic heterocycles. The second kappa shape index (κ2) is 9.04. The van der Waals surface area contributed by atoms with E-state index in [0.717, 1.165) is 4.31 Å². The highest BCUT2D eigenvalue weighted by Gasteiger charge is 2.29. The highest BCUT2D eigenvalue weighted by atomic mass is 32.2. The monoisotopic (exact) mass is 435 g/mol. The van der Waals surface area contributed by atoms with Crippen LogP contribution in [0.15, 0.2) is 47.4 Å². The Bertz CT molecular complexity index is 1030. The Balaban J connectivity index is 2.00. The van der Waals surface area contributed by atoms with E-state index in [1.54, 1.807) is 6.92 Å². The summed E-state index contributed by atoms with van der Waals surface area (Å²) in [7, 11) is -2.91. The lowest BCUT2D eigenvalue weighted by atomic mass is 10.2. The van der Waals surface area contributed by atoms with Crippen molar-refractivity contribution in [2.24, 2.45) is 0 Å². The van der Waals surface area contributed by atoms with E-state index < -0.39 is 28.5 Å². The summed E-state index contributed by atoms with van der Waals surface area (Å²) in [6.45, 7) is 1.88. The summed E-state index contributed by atoms with van der Waals surface area (Å²) >= 11 is 0. The molecule has 0 N–H and O–H groups in total. The maximum absolute atomic E-state index is 13.4. The van der Waals surface area contributed by atoms with Gasteiger partial charge in [0.15, 0.2) is 11.5 Å². The quantitative estimate of drug-likeness (QED) is 0.608. The molecule has 0 bridgehead atoms. The van der Waals surface area contributed by atoms with Gasteiger partial charge in [-0.05, 0) is 43.3 Å². The van der Waals surface area contributed by atoms with Gasteiger partial charge in [-0.2, -0.15) is 0 Å². The lowest BCUT2D eigenvalue weighted by molar-refractivity contribution is -0.141. The zero-order valence-corrected chi connectivity index (χ0v) is 17.3. The fourth-order valence-corrected chi connectivity index (χ4v) is 4.26. The largest absolute Gasteiger partial charge is 0.486 e. The molecule has 10 heteroatoms. The van der Waals surface area contributed by atoms with E-state index in [0.29, 0.717) is 24.7 Å². The molecule has 30 heavy (non-hydrogen) atoms. The van der Waals surface area contributed by atoms with Crippen LogP contribution in [0.3, 0.4) is 0 Å². The van der Waals surface area contributed by atoms with Crippen LogP contribution in [0.5, 0.6) is 11.5 Å².